The van der Waals surface area contributed by atoms with Gasteiger partial charge in [-0.2, -0.15) is 0 Å². The van der Waals surface area contributed by atoms with E-state index < -0.39 is 17.5 Å². The van der Waals surface area contributed by atoms with Crippen LogP contribution < -0.4 is 5.32 Å². The van der Waals surface area contributed by atoms with Crippen LogP contribution in [0.3, 0.4) is 0 Å². The second-order valence-electron chi connectivity index (χ2n) is 4.48. The normalized spacial score (nSPS) is 10.8. The number of aryl methyl sites for hydroxylation is 1. The number of pyridine rings is 1. The highest BCUT2D eigenvalue weighted by molar-refractivity contribution is 6.04. The molecule has 0 aliphatic heterocycles. The highest BCUT2D eigenvalue weighted by Crippen LogP contribution is 2.15. The first kappa shape index (κ1) is 13.2. The third kappa shape index (κ3) is 2.45. The van der Waals surface area contributed by atoms with Gasteiger partial charge < -0.3 is 5.32 Å². The number of carbonyl (C=O) groups excluding carboxylic acids is 1. The third-order valence-electron chi connectivity index (χ3n) is 3.01. The van der Waals surface area contributed by atoms with Gasteiger partial charge in [-0.3, -0.25) is 9.20 Å². The Labute approximate surface area is 118 Å². The standard InChI is InChI=1S/C14H10F2N4O/c1-8-18-19-13-5-2-9(7-20(8)13)14(21)17-10-3-4-11(15)12(16)6-10/h2-7H,1H3,(H,17,21). The van der Waals surface area contributed by atoms with Crippen molar-refractivity contribution in [2.75, 3.05) is 5.32 Å². The predicted molar refractivity (Wildman–Crippen MR) is 72.0 cm³/mol. The van der Waals surface area contributed by atoms with Crippen LogP contribution in [0, 0.1) is 18.6 Å². The first-order chi connectivity index (χ1) is 10.0. The molecule has 1 aromatic carbocycles. The summed E-state index contributed by atoms with van der Waals surface area (Å²) in [6.45, 7) is 1.76. The summed E-state index contributed by atoms with van der Waals surface area (Å²) in [6.07, 6.45) is 1.58. The molecule has 2 aromatic heterocycles. The molecule has 0 atom stereocenters. The van der Waals surface area contributed by atoms with Gasteiger partial charge in [0.25, 0.3) is 5.91 Å². The van der Waals surface area contributed by atoms with E-state index >= 15 is 0 Å². The molecule has 21 heavy (non-hydrogen) atoms. The van der Waals surface area contributed by atoms with Crippen LogP contribution in [0.1, 0.15) is 16.2 Å². The van der Waals surface area contributed by atoms with Gasteiger partial charge in [0.05, 0.1) is 5.56 Å². The summed E-state index contributed by atoms with van der Waals surface area (Å²) in [5, 5.41) is 10.3. The second-order valence-corrected chi connectivity index (χ2v) is 4.48. The van der Waals surface area contributed by atoms with Crippen LogP contribution in [0.5, 0.6) is 0 Å². The molecule has 0 aliphatic rings. The van der Waals surface area contributed by atoms with E-state index in [0.717, 1.165) is 12.1 Å². The Morgan fingerprint density at radius 1 is 1.14 bits per heavy atom. The summed E-state index contributed by atoms with van der Waals surface area (Å²) in [4.78, 5) is 12.1. The molecule has 0 bridgehead atoms. The molecular weight excluding hydrogens is 278 g/mol. The van der Waals surface area contributed by atoms with Crippen LogP contribution in [-0.4, -0.2) is 20.5 Å². The first-order valence-corrected chi connectivity index (χ1v) is 6.12. The molecule has 0 saturated heterocycles. The van der Waals surface area contributed by atoms with Gasteiger partial charge in [0.15, 0.2) is 17.3 Å². The number of nitrogens with zero attached hydrogens (tertiary/aromatic N) is 3. The number of amides is 1. The van der Waals surface area contributed by atoms with Crippen LogP contribution in [0.15, 0.2) is 36.5 Å². The van der Waals surface area contributed by atoms with Gasteiger partial charge in [-0.05, 0) is 31.2 Å². The molecule has 2 heterocycles. The number of halogens is 2. The largest absolute Gasteiger partial charge is 0.322 e. The number of anilines is 1. The number of nitrogens with one attached hydrogen (secondary N) is 1. The van der Waals surface area contributed by atoms with Crippen molar-refractivity contribution < 1.29 is 13.6 Å². The maximum absolute atomic E-state index is 13.1. The van der Waals surface area contributed by atoms with Crippen molar-refractivity contribution in [1.82, 2.24) is 14.6 Å². The van der Waals surface area contributed by atoms with E-state index in [1.54, 1.807) is 29.7 Å². The molecular formula is C14H10F2N4O. The Morgan fingerprint density at radius 2 is 1.95 bits per heavy atom. The zero-order valence-electron chi connectivity index (χ0n) is 11.0. The van der Waals surface area contributed by atoms with Crippen molar-refractivity contribution in [2.45, 2.75) is 6.92 Å². The van der Waals surface area contributed by atoms with E-state index in [-0.39, 0.29) is 5.69 Å². The smallest absolute Gasteiger partial charge is 0.257 e. The van der Waals surface area contributed by atoms with E-state index in [9.17, 15) is 13.6 Å². The summed E-state index contributed by atoms with van der Waals surface area (Å²) < 4.78 is 27.6. The van der Waals surface area contributed by atoms with Gasteiger partial charge in [-0.25, -0.2) is 8.78 Å². The average Bonchev–Trinajstić information content (AvgIpc) is 2.84. The number of benzene rings is 1. The zero-order chi connectivity index (χ0) is 15.0. The van der Waals surface area contributed by atoms with Crippen LogP contribution in [0.25, 0.3) is 5.65 Å². The summed E-state index contributed by atoms with van der Waals surface area (Å²) in [5.74, 6) is -1.77. The van der Waals surface area contributed by atoms with Crippen LogP contribution >= 0.6 is 0 Å². The Bertz CT molecular complexity index is 844. The van der Waals surface area contributed by atoms with Gasteiger partial charge in [-0.1, -0.05) is 0 Å². The minimum absolute atomic E-state index is 0.180. The maximum atomic E-state index is 13.1. The molecule has 0 radical (unpaired) electrons. The fourth-order valence-corrected chi connectivity index (χ4v) is 1.92. The molecule has 0 aliphatic carbocycles. The SMILES string of the molecule is Cc1nnc2ccc(C(=O)Nc3ccc(F)c(F)c3)cn12. The topological polar surface area (TPSA) is 59.3 Å². The van der Waals surface area contributed by atoms with Gasteiger partial charge in [-0.15, -0.1) is 10.2 Å². The summed E-state index contributed by atoms with van der Waals surface area (Å²) in [7, 11) is 0. The first-order valence-electron chi connectivity index (χ1n) is 6.12. The molecule has 3 rings (SSSR count). The minimum atomic E-state index is -1.02. The van der Waals surface area contributed by atoms with Crippen molar-refractivity contribution in [3.63, 3.8) is 0 Å². The van der Waals surface area contributed by atoms with E-state index in [1.807, 2.05) is 0 Å². The van der Waals surface area contributed by atoms with Crippen molar-refractivity contribution in [3.05, 3.63) is 59.6 Å². The van der Waals surface area contributed by atoms with Crippen molar-refractivity contribution in [3.8, 4) is 0 Å². The fraction of sp³-hybridized carbons (Fsp3) is 0.0714. The number of aromatic nitrogens is 3. The fourth-order valence-electron chi connectivity index (χ4n) is 1.92. The predicted octanol–water partition coefficient (Wildman–Crippen LogP) is 2.57. The lowest BCUT2D eigenvalue weighted by atomic mass is 10.2. The average molecular weight is 288 g/mol. The highest BCUT2D eigenvalue weighted by atomic mass is 19.2. The number of hydrogen-bond donors (Lipinski definition) is 1. The number of carbonyl (C=O) groups is 1. The second kappa shape index (κ2) is 4.93. The zero-order valence-corrected chi connectivity index (χ0v) is 11.0. The molecule has 0 unspecified atom stereocenters. The third-order valence-corrected chi connectivity index (χ3v) is 3.01. The maximum Gasteiger partial charge on any atom is 0.257 e. The number of fused-ring (bicyclic) bond motifs is 1. The Morgan fingerprint density at radius 3 is 2.71 bits per heavy atom. The minimum Gasteiger partial charge on any atom is -0.322 e. The van der Waals surface area contributed by atoms with Gasteiger partial charge in [0.1, 0.15) is 5.82 Å². The molecule has 3 aromatic rings. The van der Waals surface area contributed by atoms with Crippen molar-refractivity contribution >= 4 is 17.2 Å². The Kier molecular flexibility index (Phi) is 3.09. The van der Waals surface area contributed by atoms with Crippen LogP contribution in [0.4, 0.5) is 14.5 Å². The van der Waals surface area contributed by atoms with E-state index in [1.165, 1.54) is 6.07 Å². The lowest BCUT2D eigenvalue weighted by Gasteiger charge is -2.06. The van der Waals surface area contributed by atoms with Crippen molar-refractivity contribution in [2.24, 2.45) is 0 Å². The lowest BCUT2D eigenvalue weighted by Crippen LogP contribution is -2.13. The number of hydrogen-bond acceptors (Lipinski definition) is 3. The van der Waals surface area contributed by atoms with E-state index in [2.05, 4.69) is 15.5 Å². The van der Waals surface area contributed by atoms with E-state index in [0.29, 0.717) is 17.0 Å². The van der Waals surface area contributed by atoms with Crippen LogP contribution in [-0.2, 0) is 0 Å². The van der Waals surface area contributed by atoms with E-state index in [4.69, 9.17) is 0 Å². The molecule has 0 spiro atoms. The number of rotatable bonds is 2. The molecule has 1 amide bonds. The van der Waals surface area contributed by atoms with Gasteiger partial charge in [0, 0.05) is 18.0 Å². The molecule has 1 N–H and O–H groups in total. The van der Waals surface area contributed by atoms with Crippen molar-refractivity contribution in [1.29, 1.82) is 0 Å². The molecule has 7 heteroatoms. The van der Waals surface area contributed by atoms with Crippen LogP contribution in [0.2, 0.25) is 0 Å². The van der Waals surface area contributed by atoms with Gasteiger partial charge >= 0.3 is 0 Å². The Balaban J connectivity index is 1.89. The highest BCUT2D eigenvalue weighted by Gasteiger charge is 2.10. The summed E-state index contributed by atoms with van der Waals surface area (Å²) in [6, 6.07) is 6.41. The summed E-state index contributed by atoms with van der Waals surface area (Å²) in [5.41, 5.74) is 1.16. The summed E-state index contributed by atoms with van der Waals surface area (Å²) >= 11 is 0. The molecule has 5 nitrogen and oxygen atoms in total. The molecule has 106 valence electrons. The lowest BCUT2D eigenvalue weighted by molar-refractivity contribution is 0.102. The monoisotopic (exact) mass is 288 g/mol. The Hall–Kier alpha value is -2.83. The quantitative estimate of drug-likeness (QED) is 0.788. The molecule has 0 fully saturated rings. The molecule has 0 saturated carbocycles. The van der Waals surface area contributed by atoms with Gasteiger partial charge in [0.2, 0.25) is 0 Å².